The number of hydrogen-bond donors (Lipinski definition) is 0. The highest BCUT2D eigenvalue weighted by Crippen LogP contribution is 2.46. The van der Waals surface area contributed by atoms with Crippen LogP contribution < -0.4 is 4.74 Å². The first-order chi connectivity index (χ1) is 13.6. The molecule has 28 heavy (non-hydrogen) atoms. The Labute approximate surface area is 164 Å². The Morgan fingerprint density at radius 3 is 2.64 bits per heavy atom. The summed E-state index contributed by atoms with van der Waals surface area (Å²) in [7, 11) is -1.65. The molecule has 0 unspecified atom stereocenters. The molecule has 0 saturated carbocycles. The fourth-order valence-electron chi connectivity index (χ4n) is 4.44. The zero-order valence-electron chi connectivity index (χ0n) is 15.5. The van der Waals surface area contributed by atoms with Gasteiger partial charge in [0.15, 0.2) is 9.84 Å². The second kappa shape index (κ2) is 6.50. The average Bonchev–Trinajstić information content (AvgIpc) is 3.41. The molecule has 3 heterocycles. The summed E-state index contributed by atoms with van der Waals surface area (Å²) in [6.45, 7) is 2.04. The van der Waals surface area contributed by atoms with Crippen LogP contribution >= 0.6 is 0 Å². The van der Waals surface area contributed by atoms with E-state index in [1.807, 2.05) is 48.5 Å². The largest absolute Gasteiger partial charge is 0.497 e. The summed E-state index contributed by atoms with van der Waals surface area (Å²) in [4.78, 5) is 2.72. The Balaban J connectivity index is 1.43. The number of ether oxygens (including phenoxy) is 1. The van der Waals surface area contributed by atoms with E-state index in [0.29, 0.717) is 11.4 Å². The number of sulfone groups is 1. The fraction of sp³-hybridized carbons (Fsp3) is 0.273. The van der Waals surface area contributed by atoms with Crippen LogP contribution in [0.25, 0.3) is 11.3 Å². The van der Waals surface area contributed by atoms with Crippen LogP contribution in [0.3, 0.4) is 0 Å². The first kappa shape index (κ1) is 17.5. The quantitative estimate of drug-likeness (QED) is 0.674. The maximum Gasteiger partial charge on any atom is 0.183 e. The van der Waals surface area contributed by atoms with E-state index < -0.39 is 9.84 Å². The second-order valence-corrected chi connectivity index (χ2v) is 9.60. The lowest BCUT2D eigenvalue weighted by Crippen LogP contribution is -2.25. The molecule has 2 aliphatic rings. The van der Waals surface area contributed by atoms with Gasteiger partial charge in [0, 0.05) is 31.1 Å². The highest BCUT2D eigenvalue weighted by Gasteiger charge is 2.50. The van der Waals surface area contributed by atoms with Gasteiger partial charge in [-0.2, -0.15) is 0 Å². The minimum Gasteiger partial charge on any atom is -0.497 e. The summed E-state index contributed by atoms with van der Waals surface area (Å²) in [5, 5.41) is -0.368. The minimum atomic E-state index is -3.30. The maximum absolute atomic E-state index is 13.1. The van der Waals surface area contributed by atoms with Crippen LogP contribution in [0.2, 0.25) is 0 Å². The molecule has 5 nitrogen and oxygen atoms in total. The van der Waals surface area contributed by atoms with E-state index in [1.54, 1.807) is 19.4 Å². The van der Waals surface area contributed by atoms with E-state index in [0.717, 1.165) is 41.3 Å². The van der Waals surface area contributed by atoms with Crippen LogP contribution in [0.15, 0.2) is 70.2 Å². The van der Waals surface area contributed by atoms with Crippen LogP contribution in [0.5, 0.6) is 5.75 Å². The lowest BCUT2D eigenvalue weighted by molar-refractivity contribution is 0.325. The molecule has 0 radical (unpaired) electrons. The summed E-state index contributed by atoms with van der Waals surface area (Å²) < 4.78 is 36.9. The monoisotopic (exact) mass is 395 g/mol. The van der Waals surface area contributed by atoms with Crippen LogP contribution in [0, 0.1) is 0 Å². The van der Waals surface area contributed by atoms with Crippen molar-refractivity contribution in [1.29, 1.82) is 0 Å². The number of fused-ring (bicyclic) bond motifs is 3. The normalized spacial score (nSPS) is 22.8. The van der Waals surface area contributed by atoms with Crippen molar-refractivity contribution in [3.8, 4) is 17.1 Å². The SMILES string of the molecule is COc1ccc(CN2C[C@@H]3c4cc(-c5ccco5)ccc4S(=O)(=O)[C@@H]3C2)cc1. The number of hydrogen-bond acceptors (Lipinski definition) is 5. The minimum absolute atomic E-state index is 0.00756. The molecule has 0 N–H and O–H groups in total. The predicted molar refractivity (Wildman–Crippen MR) is 106 cm³/mol. The molecule has 2 aromatic carbocycles. The number of benzene rings is 2. The zero-order chi connectivity index (χ0) is 19.3. The number of furan rings is 1. The highest BCUT2D eigenvalue weighted by molar-refractivity contribution is 7.92. The van der Waals surface area contributed by atoms with Gasteiger partial charge in [-0.3, -0.25) is 4.90 Å². The molecule has 2 aliphatic heterocycles. The Kier molecular flexibility index (Phi) is 4.07. The van der Waals surface area contributed by atoms with Crippen LogP contribution in [0.4, 0.5) is 0 Å². The summed E-state index contributed by atoms with van der Waals surface area (Å²) in [5.74, 6) is 1.59. The van der Waals surface area contributed by atoms with Crippen molar-refractivity contribution < 1.29 is 17.6 Å². The summed E-state index contributed by atoms with van der Waals surface area (Å²) in [6.07, 6.45) is 1.63. The van der Waals surface area contributed by atoms with Crippen LogP contribution in [-0.2, 0) is 16.4 Å². The van der Waals surface area contributed by atoms with Crippen molar-refractivity contribution in [2.45, 2.75) is 22.6 Å². The smallest absolute Gasteiger partial charge is 0.183 e. The third-order valence-electron chi connectivity index (χ3n) is 5.83. The molecule has 0 bridgehead atoms. The Morgan fingerprint density at radius 2 is 1.93 bits per heavy atom. The predicted octanol–water partition coefficient (Wildman–Crippen LogP) is 3.71. The van der Waals surface area contributed by atoms with Gasteiger partial charge < -0.3 is 9.15 Å². The van der Waals surface area contributed by atoms with Gasteiger partial charge in [-0.1, -0.05) is 12.1 Å². The molecule has 1 fully saturated rings. The molecule has 1 saturated heterocycles. The number of likely N-dealkylation sites (tertiary alicyclic amines) is 1. The van der Waals surface area contributed by atoms with Crippen LogP contribution in [0.1, 0.15) is 17.0 Å². The van der Waals surface area contributed by atoms with Gasteiger partial charge in [0.05, 0.1) is 23.5 Å². The van der Waals surface area contributed by atoms with Gasteiger partial charge >= 0.3 is 0 Å². The van der Waals surface area contributed by atoms with Gasteiger partial charge in [0.2, 0.25) is 0 Å². The summed E-state index contributed by atoms with van der Waals surface area (Å²) >= 11 is 0. The first-order valence-corrected chi connectivity index (χ1v) is 10.9. The molecular formula is C22H21NO4S. The fourth-order valence-corrected chi connectivity index (χ4v) is 6.63. The van der Waals surface area contributed by atoms with E-state index in [-0.39, 0.29) is 11.2 Å². The maximum atomic E-state index is 13.1. The van der Waals surface area contributed by atoms with Crippen molar-refractivity contribution >= 4 is 9.84 Å². The Hall–Kier alpha value is -2.57. The van der Waals surface area contributed by atoms with Gasteiger partial charge in [-0.05, 0) is 53.6 Å². The van der Waals surface area contributed by atoms with Gasteiger partial charge in [-0.15, -0.1) is 0 Å². The third kappa shape index (κ3) is 2.75. The van der Waals surface area contributed by atoms with Crippen molar-refractivity contribution in [2.75, 3.05) is 20.2 Å². The Bertz CT molecular complexity index is 1100. The summed E-state index contributed by atoms with van der Waals surface area (Å²) in [5.41, 5.74) is 3.01. The molecule has 0 spiro atoms. The molecule has 2 atom stereocenters. The van der Waals surface area contributed by atoms with Gasteiger partial charge in [0.25, 0.3) is 0 Å². The molecule has 0 amide bonds. The summed E-state index contributed by atoms with van der Waals surface area (Å²) in [6, 6.07) is 17.3. The van der Waals surface area contributed by atoms with E-state index in [2.05, 4.69) is 4.90 Å². The van der Waals surface area contributed by atoms with Gasteiger partial charge in [0.1, 0.15) is 11.5 Å². The number of nitrogens with zero attached hydrogens (tertiary/aromatic N) is 1. The zero-order valence-corrected chi connectivity index (χ0v) is 16.4. The average molecular weight is 395 g/mol. The molecule has 3 aromatic rings. The van der Waals surface area contributed by atoms with E-state index >= 15 is 0 Å². The van der Waals surface area contributed by atoms with Crippen molar-refractivity contribution in [1.82, 2.24) is 4.90 Å². The molecule has 5 rings (SSSR count). The highest BCUT2D eigenvalue weighted by atomic mass is 32.2. The van der Waals surface area contributed by atoms with E-state index in [9.17, 15) is 8.42 Å². The van der Waals surface area contributed by atoms with Crippen LogP contribution in [-0.4, -0.2) is 38.8 Å². The van der Waals surface area contributed by atoms with Gasteiger partial charge in [-0.25, -0.2) is 8.42 Å². The molecular weight excluding hydrogens is 374 g/mol. The molecule has 0 aliphatic carbocycles. The standard InChI is InChI=1S/C22H21NO4S/c1-26-17-7-4-15(5-8-17)12-23-13-19-18-11-16(20-3-2-10-27-20)6-9-21(18)28(24,25)22(19)14-23/h2-11,19,22H,12-14H2,1H3/t19-,22-/m1/s1. The Morgan fingerprint density at radius 1 is 1.11 bits per heavy atom. The molecule has 144 valence electrons. The molecule has 1 aromatic heterocycles. The first-order valence-electron chi connectivity index (χ1n) is 9.33. The topological polar surface area (TPSA) is 59.8 Å². The lowest BCUT2D eigenvalue weighted by atomic mass is 9.96. The number of rotatable bonds is 4. The molecule has 6 heteroatoms. The van der Waals surface area contributed by atoms with Crippen molar-refractivity contribution in [3.63, 3.8) is 0 Å². The van der Waals surface area contributed by atoms with Crippen molar-refractivity contribution in [2.24, 2.45) is 0 Å². The lowest BCUT2D eigenvalue weighted by Gasteiger charge is -2.17. The number of methoxy groups -OCH3 is 1. The second-order valence-electron chi connectivity index (χ2n) is 7.46. The van der Waals surface area contributed by atoms with Crippen molar-refractivity contribution in [3.05, 3.63) is 72.0 Å². The third-order valence-corrected chi connectivity index (χ3v) is 8.09. The van der Waals surface area contributed by atoms with E-state index in [1.165, 1.54) is 0 Å². The van der Waals surface area contributed by atoms with E-state index in [4.69, 9.17) is 9.15 Å².